The fourth-order valence-electron chi connectivity index (χ4n) is 3.30. The molecule has 1 aromatic heterocycles. The second-order valence-electron chi connectivity index (χ2n) is 6.79. The molecule has 0 bridgehead atoms. The summed E-state index contributed by atoms with van der Waals surface area (Å²) in [5.41, 5.74) is 2.84. The average molecular weight is 378 g/mol. The summed E-state index contributed by atoms with van der Waals surface area (Å²) in [5.74, 6) is 0.956. The minimum Gasteiger partial charge on any atom is -0.461 e. The third-order valence-corrected chi connectivity index (χ3v) is 4.82. The Labute approximate surface area is 161 Å². The molecule has 0 atom stereocenters. The maximum Gasteiger partial charge on any atom is 0.255 e. The van der Waals surface area contributed by atoms with Crippen molar-refractivity contribution in [2.75, 3.05) is 11.9 Å². The zero-order valence-electron chi connectivity index (χ0n) is 15.4. The Morgan fingerprint density at radius 1 is 1.11 bits per heavy atom. The molecule has 0 spiro atoms. The quantitative estimate of drug-likeness (QED) is 0.741. The Balaban J connectivity index is 1.54. The zero-order chi connectivity index (χ0) is 19.7. The van der Waals surface area contributed by atoms with Gasteiger partial charge in [0.1, 0.15) is 17.3 Å². The number of halogens is 1. The molecule has 5 nitrogen and oxygen atoms in total. The van der Waals surface area contributed by atoms with Crippen molar-refractivity contribution in [3.8, 4) is 11.3 Å². The molecule has 0 fully saturated rings. The van der Waals surface area contributed by atoms with Crippen LogP contribution in [0, 0.1) is 5.82 Å². The van der Waals surface area contributed by atoms with Crippen LogP contribution in [0.3, 0.4) is 0 Å². The summed E-state index contributed by atoms with van der Waals surface area (Å²) < 4.78 is 19.0. The van der Waals surface area contributed by atoms with Gasteiger partial charge in [0.05, 0.1) is 0 Å². The van der Waals surface area contributed by atoms with Gasteiger partial charge in [0, 0.05) is 48.8 Å². The summed E-state index contributed by atoms with van der Waals surface area (Å²) >= 11 is 0. The first-order chi connectivity index (χ1) is 13.5. The molecule has 0 saturated heterocycles. The summed E-state index contributed by atoms with van der Waals surface area (Å²) in [7, 11) is 0. The van der Waals surface area contributed by atoms with Crippen LogP contribution in [0.4, 0.5) is 10.1 Å². The van der Waals surface area contributed by atoms with Gasteiger partial charge in [-0.05, 0) is 42.5 Å². The van der Waals surface area contributed by atoms with E-state index in [0.29, 0.717) is 36.5 Å². The van der Waals surface area contributed by atoms with Gasteiger partial charge < -0.3 is 14.6 Å². The molecule has 2 heterocycles. The molecule has 0 aliphatic carbocycles. The maximum absolute atomic E-state index is 13.0. The lowest BCUT2D eigenvalue weighted by molar-refractivity contribution is -0.129. The molecule has 1 aliphatic rings. The van der Waals surface area contributed by atoms with Gasteiger partial charge in [-0.25, -0.2) is 4.39 Å². The molecule has 1 aliphatic heterocycles. The van der Waals surface area contributed by atoms with Crippen LogP contribution in [0.5, 0.6) is 0 Å². The van der Waals surface area contributed by atoms with E-state index >= 15 is 0 Å². The number of amides is 2. The van der Waals surface area contributed by atoms with Crippen molar-refractivity contribution in [3.05, 3.63) is 77.3 Å². The van der Waals surface area contributed by atoms with E-state index in [0.717, 1.165) is 16.9 Å². The normalized spacial score (nSPS) is 13.1. The lowest BCUT2D eigenvalue weighted by atomic mass is 10.1. The SMILES string of the molecule is CC(=O)N1CCc2oc(-c3cccc(NC(=O)c4ccc(F)cc4)c3)cc2C1. The van der Waals surface area contributed by atoms with Crippen LogP contribution in [0.2, 0.25) is 0 Å². The first-order valence-electron chi connectivity index (χ1n) is 9.04. The monoisotopic (exact) mass is 378 g/mol. The number of hydrogen-bond donors (Lipinski definition) is 1. The summed E-state index contributed by atoms with van der Waals surface area (Å²) in [5, 5.41) is 2.82. The molecular weight excluding hydrogens is 359 g/mol. The lowest BCUT2D eigenvalue weighted by Crippen LogP contribution is -2.33. The van der Waals surface area contributed by atoms with Crippen LogP contribution in [0.1, 0.15) is 28.6 Å². The van der Waals surface area contributed by atoms with E-state index in [2.05, 4.69) is 5.32 Å². The Morgan fingerprint density at radius 2 is 1.89 bits per heavy atom. The number of rotatable bonds is 3. The van der Waals surface area contributed by atoms with Crippen LogP contribution in [-0.4, -0.2) is 23.3 Å². The summed E-state index contributed by atoms with van der Waals surface area (Å²) in [4.78, 5) is 25.7. The maximum atomic E-state index is 13.0. The number of carbonyl (C=O) groups is 2. The van der Waals surface area contributed by atoms with E-state index in [-0.39, 0.29) is 17.6 Å². The molecule has 4 rings (SSSR count). The third-order valence-electron chi connectivity index (χ3n) is 4.82. The van der Waals surface area contributed by atoms with E-state index in [1.165, 1.54) is 24.3 Å². The van der Waals surface area contributed by atoms with Crippen LogP contribution >= 0.6 is 0 Å². The molecule has 28 heavy (non-hydrogen) atoms. The fraction of sp³-hybridized carbons (Fsp3) is 0.182. The third kappa shape index (κ3) is 3.67. The molecular formula is C22H19FN2O3. The number of fused-ring (bicyclic) bond motifs is 1. The lowest BCUT2D eigenvalue weighted by Gasteiger charge is -2.24. The molecule has 3 aromatic rings. The summed E-state index contributed by atoms with van der Waals surface area (Å²) in [6, 6.07) is 14.7. The smallest absolute Gasteiger partial charge is 0.255 e. The molecule has 6 heteroatoms. The fourth-order valence-corrected chi connectivity index (χ4v) is 3.30. The van der Waals surface area contributed by atoms with Gasteiger partial charge in [0.25, 0.3) is 5.91 Å². The number of nitrogens with zero attached hydrogens (tertiary/aromatic N) is 1. The number of anilines is 1. The minimum absolute atomic E-state index is 0.0545. The van der Waals surface area contributed by atoms with E-state index < -0.39 is 0 Å². The molecule has 0 unspecified atom stereocenters. The number of hydrogen-bond acceptors (Lipinski definition) is 3. The van der Waals surface area contributed by atoms with Gasteiger partial charge in [0.2, 0.25) is 5.91 Å². The first-order valence-corrected chi connectivity index (χ1v) is 9.04. The molecule has 0 saturated carbocycles. The van der Waals surface area contributed by atoms with Gasteiger partial charge in [0.15, 0.2) is 0 Å². The standard InChI is InChI=1S/C22H19FN2O3/c1-14(26)25-10-9-20-17(13-25)12-21(28-20)16-3-2-4-19(11-16)24-22(27)15-5-7-18(23)8-6-15/h2-8,11-12H,9-10,13H2,1H3,(H,24,27). The van der Waals surface area contributed by atoms with Crippen molar-refractivity contribution in [2.45, 2.75) is 19.9 Å². The zero-order valence-corrected chi connectivity index (χ0v) is 15.4. The van der Waals surface area contributed by atoms with Crippen LogP contribution in [-0.2, 0) is 17.8 Å². The van der Waals surface area contributed by atoms with Gasteiger partial charge in [-0.3, -0.25) is 9.59 Å². The van der Waals surface area contributed by atoms with Crippen LogP contribution in [0.25, 0.3) is 11.3 Å². The second kappa shape index (κ2) is 7.31. The van der Waals surface area contributed by atoms with Gasteiger partial charge >= 0.3 is 0 Å². The number of benzene rings is 2. The van der Waals surface area contributed by atoms with Crippen molar-refractivity contribution in [2.24, 2.45) is 0 Å². The predicted molar refractivity (Wildman–Crippen MR) is 103 cm³/mol. The van der Waals surface area contributed by atoms with Crippen molar-refractivity contribution in [1.29, 1.82) is 0 Å². The Hall–Kier alpha value is -3.41. The Morgan fingerprint density at radius 3 is 2.64 bits per heavy atom. The van der Waals surface area contributed by atoms with Crippen LogP contribution < -0.4 is 5.32 Å². The highest BCUT2D eigenvalue weighted by Gasteiger charge is 2.22. The van der Waals surface area contributed by atoms with Crippen molar-refractivity contribution >= 4 is 17.5 Å². The number of nitrogens with one attached hydrogen (secondary N) is 1. The minimum atomic E-state index is -0.385. The van der Waals surface area contributed by atoms with E-state index in [1.54, 1.807) is 17.9 Å². The van der Waals surface area contributed by atoms with E-state index in [1.807, 2.05) is 24.3 Å². The highest BCUT2D eigenvalue weighted by atomic mass is 19.1. The van der Waals surface area contributed by atoms with Crippen molar-refractivity contribution in [1.82, 2.24) is 4.90 Å². The van der Waals surface area contributed by atoms with Crippen molar-refractivity contribution in [3.63, 3.8) is 0 Å². The topological polar surface area (TPSA) is 62.6 Å². The Kier molecular flexibility index (Phi) is 4.69. The van der Waals surface area contributed by atoms with Crippen molar-refractivity contribution < 1.29 is 18.4 Å². The first kappa shape index (κ1) is 18.0. The van der Waals surface area contributed by atoms with Gasteiger partial charge in [-0.2, -0.15) is 0 Å². The molecule has 1 N–H and O–H groups in total. The summed E-state index contributed by atoms with van der Waals surface area (Å²) in [6.07, 6.45) is 0.690. The van der Waals surface area contributed by atoms with Gasteiger partial charge in [-0.15, -0.1) is 0 Å². The predicted octanol–water partition coefficient (Wildman–Crippen LogP) is 4.24. The van der Waals surface area contributed by atoms with Crippen LogP contribution in [0.15, 0.2) is 59.0 Å². The summed E-state index contributed by atoms with van der Waals surface area (Å²) in [6.45, 7) is 2.78. The highest BCUT2D eigenvalue weighted by Crippen LogP contribution is 2.31. The largest absolute Gasteiger partial charge is 0.461 e. The highest BCUT2D eigenvalue weighted by molar-refractivity contribution is 6.04. The second-order valence-corrected chi connectivity index (χ2v) is 6.79. The number of carbonyl (C=O) groups excluding carboxylic acids is 2. The van der Waals surface area contributed by atoms with E-state index in [4.69, 9.17) is 4.42 Å². The van der Waals surface area contributed by atoms with Gasteiger partial charge in [-0.1, -0.05) is 12.1 Å². The Bertz CT molecular complexity index is 1040. The molecule has 142 valence electrons. The average Bonchev–Trinajstić information content (AvgIpc) is 3.12. The number of furan rings is 1. The molecule has 0 radical (unpaired) electrons. The molecule has 2 aromatic carbocycles. The van der Waals surface area contributed by atoms with E-state index in [9.17, 15) is 14.0 Å². The molecule has 2 amide bonds.